The Kier molecular flexibility index (Phi) is 7.86. The van der Waals surface area contributed by atoms with Crippen LogP contribution in [0.15, 0.2) is 64.9 Å². The average Bonchev–Trinajstić information content (AvgIpc) is 2.96. The van der Waals surface area contributed by atoms with Crippen molar-refractivity contribution in [1.82, 2.24) is 24.4 Å². The number of amides is 1. The van der Waals surface area contributed by atoms with Crippen LogP contribution in [-0.4, -0.2) is 70.7 Å². The molecule has 0 unspecified atom stereocenters. The molecule has 0 saturated carbocycles. The van der Waals surface area contributed by atoms with Crippen molar-refractivity contribution in [3.63, 3.8) is 0 Å². The molecule has 4 heterocycles. The van der Waals surface area contributed by atoms with Crippen LogP contribution in [0, 0.1) is 5.82 Å². The van der Waals surface area contributed by atoms with Gasteiger partial charge in [-0.25, -0.2) is 27.2 Å². The Morgan fingerprint density at radius 3 is 2.60 bits per heavy atom. The van der Waals surface area contributed by atoms with E-state index in [2.05, 4.69) is 16.5 Å². The molecule has 0 bridgehead atoms. The highest BCUT2D eigenvalue weighted by molar-refractivity contribution is 7.90. The number of nitrogens with zero attached hydrogens (tertiary/aromatic N) is 6. The SMILES string of the molecule is C=CC(=O)N1CCN(c2nc(=O)n(-c3c(S(C)(=O)=O)ccnc3CC)c3nc(-c4ccccc4F)c(Cl)cc23)[C@@H](C)C1. The normalized spacial score (nSPS) is 15.7. The number of benzene rings is 1. The van der Waals surface area contributed by atoms with Crippen LogP contribution in [0.2, 0.25) is 5.02 Å². The smallest absolute Gasteiger partial charge is 0.350 e. The fraction of sp³-hybridized carbons (Fsp3) is 0.276. The summed E-state index contributed by atoms with van der Waals surface area (Å²) < 4.78 is 41.8. The van der Waals surface area contributed by atoms with Crippen LogP contribution in [0.4, 0.5) is 10.2 Å². The molecule has 13 heteroatoms. The van der Waals surface area contributed by atoms with Crippen LogP contribution >= 0.6 is 11.6 Å². The van der Waals surface area contributed by atoms with E-state index in [0.29, 0.717) is 37.1 Å². The molecule has 1 aromatic carbocycles. The summed E-state index contributed by atoms with van der Waals surface area (Å²) in [6.45, 7) is 8.29. The molecule has 1 saturated heterocycles. The summed E-state index contributed by atoms with van der Waals surface area (Å²) in [4.78, 5) is 43.1. The first-order valence-electron chi connectivity index (χ1n) is 13.2. The van der Waals surface area contributed by atoms with Crippen molar-refractivity contribution in [2.45, 2.75) is 31.2 Å². The Morgan fingerprint density at radius 2 is 1.95 bits per heavy atom. The van der Waals surface area contributed by atoms with Crippen LogP contribution in [0.1, 0.15) is 19.5 Å². The lowest BCUT2D eigenvalue weighted by Gasteiger charge is -2.40. The van der Waals surface area contributed by atoms with Crippen LogP contribution in [0.3, 0.4) is 0 Å². The summed E-state index contributed by atoms with van der Waals surface area (Å²) in [5.74, 6) is -0.508. The first-order chi connectivity index (χ1) is 20.0. The van der Waals surface area contributed by atoms with Crippen LogP contribution < -0.4 is 10.6 Å². The average molecular weight is 611 g/mol. The van der Waals surface area contributed by atoms with Crippen LogP contribution in [0.5, 0.6) is 0 Å². The Bertz CT molecular complexity index is 1910. The Labute approximate surface area is 247 Å². The molecule has 1 aliphatic heterocycles. The molecule has 0 aliphatic carbocycles. The van der Waals surface area contributed by atoms with E-state index in [1.807, 2.05) is 11.8 Å². The van der Waals surface area contributed by atoms with E-state index >= 15 is 0 Å². The lowest BCUT2D eigenvalue weighted by molar-refractivity contribution is -0.126. The summed E-state index contributed by atoms with van der Waals surface area (Å²) in [5.41, 5.74) is -0.208. The van der Waals surface area contributed by atoms with E-state index in [-0.39, 0.29) is 50.3 Å². The highest BCUT2D eigenvalue weighted by Gasteiger charge is 2.31. The number of carbonyl (C=O) groups excluding carboxylic acids is 1. The van der Waals surface area contributed by atoms with Gasteiger partial charge in [-0.2, -0.15) is 4.98 Å². The zero-order chi connectivity index (χ0) is 30.3. The highest BCUT2D eigenvalue weighted by atomic mass is 35.5. The molecule has 5 rings (SSSR count). The maximum absolute atomic E-state index is 14.9. The minimum absolute atomic E-state index is 0.0281. The van der Waals surface area contributed by atoms with Gasteiger partial charge in [0.25, 0.3) is 0 Å². The van der Waals surface area contributed by atoms with Crippen molar-refractivity contribution in [2.24, 2.45) is 0 Å². The monoisotopic (exact) mass is 610 g/mol. The van der Waals surface area contributed by atoms with Gasteiger partial charge in [0.05, 0.1) is 32.4 Å². The van der Waals surface area contributed by atoms with E-state index in [0.717, 1.165) is 10.8 Å². The number of aromatic nitrogens is 4. The van der Waals surface area contributed by atoms with E-state index in [4.69, 9.17) is 16.6 Å². The first kappa shape index (κ1) is 29.3. The number of halogens is 2. The molecule has 1 aliphatic rings. The lowest BCUT2D eigenvalue weighted by atomic mass is 10.1. The standard InChI is InChI=1S/C29H28ClFN6O4S/c1-5-22-26(23(11-12-32-22)42(4,40)41)37-28-19(15-20(30)25(33-28)18-9-7-8-10-21(18)31)27(34-29(37)39)36-14-13-35(16-17(36)3)24(38)6-2/h6-12,15,17H,2,5,13-14,16H2,1,3-4H3/t17-/m0/s1. The van der Waals surface area contributed by atoms with Gasteiger partial charge < -0.3 is 9.80 Å². The second-order valence-corrected chi connectivity index (χ2v) is 12.4. The predicted molar refractivity (Wildman–Crippen MR) is 159 cm³/mol. The molecule has 0 N–H and O–H groups in total. The summed E-state index contributed by atoms with van der Waals surface area (Å²) in [6.07, 6.45) is 3.97. The molecule has 0 spiro atoms. The molecule has 4 aromatic rings. The summed E-state index contributed by atoms with van der Waals surface area (Å²) in [5, 5.41) is 0.458. The number of fused-ring (bicyclic) bond motifs is 1. The van der Waals surface area contributed by atoms with Gasteiger partial charge in [0.1, 0.15) is 11.6 Å². The molecule has 0 radical (unpaired) electrons. The number of aryl methyl sites for hydroxylation is 1. The van der Waals surface area contributed by atoms with E-state index < -0.39 is 21.3 Å². The van der Waals surface area contributed by atoms with Gasteiger partial charge in [0, 0.05) is 43.7 Å². The fourth-order valence-electron chi connectivity index (χ4n) is 5.24. The Hall–Kier alpha value is -4.16. The largest absolute Gasteiger partial charge is 0.355 e. The van der Waals surface area contributed by atoms with Crippen molar-refractivity contribution in [3.8, 4) is 16.9 Å². The summed E-state index contributed by atoms with van der Waals surface area (Å²) in [6, 6.07) is 8.57. The van der Waals surface area contributed by atoms with Gasteiger partial charge in [-0.1, -0.05) is 37.2 Å². The number of carbonyl (C=O) groups is 1. The number of piperazine rings is 1. The molecule has 3 aromatic heterocycles. The maximum atomic E-state index is 14.9. The predicted octanol–water partition coefficient (Wildman–Crippen LogP) is 3.82. The molecule has 1 atom stereocenters. The quantitative estimate of drug-likeness (QED) is 0.302. The zero-order valence-corrected chi connectivity index (χ0v) is 24.8. The fourth-order valence-corrected chi connectivity index (χ4v) is 6.37. The Balaban J connectivity index is 1.86. The molecular weight excluding hydrogens is 583 g/mol. The minimum atomic E-state index is -3.83. The second kappa shape index (κ2) is 11.3. The minimum Gasteiger partial charge on any atom is -0.350 e. The number of pyridine rings is 2. The third-order valence-electron chi connectivity index (χ3n) is 7.24. The molecule has 10 nitrogen and oxygen atoms in total. The summed E-state index contributed by atoms with van der Waals surface area (Å²) >= 11 is 6.71. The van der Waals surface area contributed by atoms with Gasteiger partial charge in [-0.3, -0.25) is 9.78 Å². The lowest BCUT2D eigenvalue weighted by Crippen LogP contribution is -2.54. The zero-order valence-electron chi connectivity index (χ0n) is 23.2. The van der Waals surface area contributed by atoms with Crippen LogP contribution in [0.25, 0.3) is 28.0 Å². The number of hydrogen-bond donors (Lipinski definition) is 0. The number of hydrogen-bond acceptors (Lipinski definition) is 8. The summed E-state index contributed by atoms with van der Waals surface area (Å²) in [7, 11) is -3.83. The second-order valence-electron chi connectivity index (χ2n) is 9.98. The van der Waals surface area contributed by atoms with E-state index in [1.165, 1.54) is 36.5 Å². The van der Waals surface area contributed by atoms with Gasteiger partial charge in [-0.15, -0.1) is 0 Å². The van der Waals surface area contributed by atoms with E-state index in [9.17, 15) is 22.4 Å². The molecule has 218 valence electrons. The molecule has 42 heavy (non-hydrogen) atoms. The topological polar surface area (TPSA) is 118 Å². The van der Waals surface area contributed by atoms with Crippen molar-refractivity contribution < 1.29 is 17.6 Å². The van der Waals surface area contributed by atoms with E-state index in [1.54, 1.807) is 24.0 Å². The number of sulfone groups is 1. The van der Waals surface area contributed by atoms with Gasteiger partial charge in [0.2, 0.25) is 5.91 Å². The van der Waals surface area contributed by atoms with Gasteiger partial charge in [0.15, 0.2) is 15.5 Å². The van der Waals surface area contributed by atoms with Crippen molar-refractivity contribution in [2.75, 3.05) is 30.8 Å². The first-order valence-corrected chi connectivity index (χ1v) is 15.5. The molecular formula is C29H28ClFN6O4S. The van der Waals surface area contributed by atoms with Crippen molar-refractivity contribution in [3.05, 3.63) is 82.3 Å². The Morgan fingerprint density at radius 1 is 1.21 bits per heavy atom. The van der Waals surface area contributed by atoms with Crippen molar-refractivity contribution in [1.29, 1.82) is 0 Å². The third kappa shape index (κ3) is 5.16. The van der Waals surface area contributed by atoms with Crippen molar-refractivity contribution >= 4 is 44.2 Å². The third-order valence-corrected chi connectivity index (χ3v) is 8.65. The maximum Gasteiger partial charge on any atom is 0.355 e. The van der Waals surface area contributed by atoms with Crippen LogP contribution in [-0.2, 0) is 21.1 Å². The van der Waals surface area contributed by atoms with Gasteiger partial charge >= 0.3 is 5.69 Å². The number of rotatable bonds is 6. The van der Waals surface area contributed by atoms with Gasteiger partial charge in [-0.05, 0) is 43.7 Å². The molecule has 1 fully saturated rings. The number of anilines is 1. The molecule has 1 amide bonds. The highest BCUT2D eigenvalue weighted by Crippen LogP contribution is 2.36.